The molecule has 0 bridgehead atoms. The number of hydrogen-bond acceptors (Lipinski definition) is 4. The van der Waals surface area contributed by atoms with Gasteiger partial charge in [-0.25, -0.2) is 9.18 Å². The normalized spacial score (nSPS) is 17.8. The fraction of sp³-hybridized carbons (Fsp3) is 0.462. The molecule has 1 amide bonds. The summed E-state index contributed by atoms with van der Waals surface area (Å²) in [5.74, 6) is 1.12. The number of hydrogen-bond donors (Lipinski definition) is 2. The predicted octanol–water partition coefficient (Wildman–Crippen LogP) is 2.72. The molecule has 0 saturated carbocycles. The summed E-state index contributed by atoms with van der Waals surface area (Å²) in [6.07, 6.45) is 0.427. The van der Waals surface area contributed by atoms with E-state index in [2.05, 4.69) is 10.1 Å². The first kappa shape index (κ1) is 14.1. The van der Waals surface area contributed by atoms with Gasteiger partial charge in [0.05, 0.1) is 12.7 Å². The van der Waals surface area contributed by atoms with Gasteiger partial charge in [-0.05, 0) is 36.5 Å². The SMILES string of the molecule is COC(=O)Nc1ccc(C2(O)CCSCC2)c(F)c1. The van der Waals surface area contributed by atoms with Crippen molar-refractivity contribution >= 4 is 23.5 Å². The van der Waals surface area contributed by atoms with Crippen LogP contribution in [0.15, 0.2) is 18.2 Å². The molecule has 4 nitrogen and oxygen atoms in total. The Morgan fingerprint density at radius 2 is 2.16 bits per heavy atom. The van der Waals surface area contributed by atoms with Crippen molar-refractivity contribution in [1.29, 1.82) is 0 Å². The number of carbonyl (C=O) groups excluding carboxylic acids is 1. The molecule has 1 heterocycles. The first-order valence-corrected chi connectivity index (χ1v) is 7.16. The van der Waals surface area contributed by atoms with Gasteiger partial charge in [-0.1, -0.05) is 6.07 Å². The lowest BCUT2D eigenvalue weighted by Crippen LogP contribution is -2.31. The highest BCUT2D eigenvalue weighted by Gasteiger charge is 2.33. The minimum Gasteiger partial charge on any atom is -0.453 e. The molecule has 0 aliphatic carbocycles. The summed E-state index contributed by atoms with van der Waals surface area (Å²) < 4.78 is 18.5. The highest BCUT2D eigenvalue weighted by atomic mass is 32.2. The number of benzene rings is 1. The Bertz CT molecular complexity index is 475. The number of methoxy groups -OCH3 is 1. The molecular weight excluding hydrogens is 269 g/mol. The lowest BCUT2D eigenvalue weighted by atomic mass is 9.87. The Morgan fingerprint density at radius 1 is 1.47 bits per heavy atom. The maximum Gasteiger partial charge on any atom is 0.411 e. The molecule has 1 aliphatic heterocycles. The summed E-state index contributed by atoms with van der Waals surface area (Å²) in [7, 11) is 1.24. The van der Waals surface area contributed by atoms with E-state index >= 15 is 0 Å². The van der Waals surface area contributed by atoms with Gasteiger partial charge in [0, 0.05) is 11.3 Å². The summed E-state index contributed by atoms with van der Waals surface area (Å²) in [6, 6.07) is 4.29. The minimum atomic E-state index is -1.10. The lowest BCUT2D eigenvalue weighted by molar-refractivity contribution is 0.0246. The van der Waals surface area contributed by atoms with Crippen LogP contribution in [0, 0.1) is 5.82 Å². The monoisotopic (exact) mass is 285 g/mol. The molecule has 1 aromatic carbocycles. The van der Waals surface area contributed by atoms with E-state index in [1.54, 1.807) is 17.8 Å². The number of thioether (sulfide) groups is 1. The van der Waals surface area contributed by atoms with Crippen LogP contribution >= 0.6 is 11.8 Å². The molecular formula is C13H16FNO3S. The Labute approximate surface area is 115 Å². The second-order valence-electron chi connectivity index (χ2n) is 4.46. The topological polar surface area (TPSA) is 58.6 Å². The number of carbonyl (C=O) groups is 1. The molecule has 0 aromatic heterocycles. The van der Waals surface area contributed by atoms with Crippen LogP contribution in [-0.4, -0.2) is 29.8 Å². The van der Waals surface area contributed by atoms with Gasteiger partial charge >= 0.3 is 6.09 Å². The number of nitrogens with one attached hydrogen (secondary N) is 1. The Morgan fingerprint density at radius 3 is 2.74 bits per heavy atom. The summed E-state index contributed by atoms with van der Waals surface area (Å²) in [6.45, 7) is 0. The molecule has 104 valence electrons. The molecule has 1 aromatic rings. The van der Waals surface area contributed by atoms with Crippen molar-refractivity contribution in [3.05, 3.63) is 29.6 Å². The van der Waals surface area contributed by atoms with Crippen LogP contribution in [0.4, 0.5) is 14.9 Å². The van der Waals surface area contributed by atoms with Crippen molar-refractivity contribution in [3.8, 4) is 0 Å². The number of amides is 1. The van der Waals surface area contributed by atoms with E-state index in [4.69, 9.17) is 0 Å². The zero-order valence-corrected chi connectivity index (χ0v) is 11.4. The van der Waals surface area contributed by atoms with E-state index in [1.165, 1.54) is 19.2 Å². The van der Waals surface area contributed by atoms with Crippen molar-refractivity contribution in [1.82, 2.24) is 0 Å². The Kier molecular flexibility index (Phi) is 4.31. The minimum absolute atomic E-state index is 0.295. The van der Waals surface area contributed by atoms with Crippen molar-refractivity contribution < 1.29 is 19.0 Å². The van der Waals surface area contributed by atoms with Crippen LogP contribution in [0.1, 0.15) is 18.4 Å². The fourth-order valence-electron chi connectivity index (χ4n) is 2.12. The van der Waals surface area contributed by atoms with E-state index in [9.17, 15) is 14.3 Å². The second-order valence-corrected chi connectivity index (χ2v) is 5.68. The van der Waals surface area contributed by atoms with Gasteiger partial charge in [-0.3, -0.25) is 5.32 Å². The van der Waals surface area contributed by atoms with Gasteiger partial charge in [0.25, 0.3) is 0 Å². The number of rotatable bonds is 2. The smallest absolute Gasteiger partial charge is 0.411 e. The maximum atomic E-state index is 14.1. The third kappa shape index (κ3) is 3.19. The highest BCUT2D eigenvalue weighted by molar-refractivity contribution is 7.99. The maximum absolute atomic E-state index is 14.1. The van der Waals surface area contributed by atoms with Crippen molar-refractivity contribution in [2.24, 2.45) is 0 Å². The standard InChI is InChI=1S/C13H16FNO3S/c1-18-12(16)15-9-2-3-10(11(14)8-9)13(17)4-6-19-7-5-13/h2-3,8,17H,4-7H2,1H3,(H,15,16). The molecule has 19 heavy (non-hydrogen) atoms. The van der Waals surface area contributed by atoms with Crippen molar-refractivity contribution in [3.63, 3.8) is 0 Å². The number of aliphatic hydroxyl groups is 1. The summed E-state index contributed by atoms with van der Waals surface area (Å²) in [5, 5.41) is 12.9. The predicted molar refractivity (Wildman–Crippen MR) is 72.9 cm³/mol. The first-order valence-electron chi connectivity index (χ1n) is 6.00. The molecule has 1 aliphatic rings. The fourth-order valence-corrected chi connectivity index (χ4v) is 3.29. The average Bonchev–Trinajstić information content (AvgIpc) is 2.39. The Balaban J connectivity index is 2.21. The molecule has 6 heteroatoms. The third-order valence-electron chi connectivity index (χ3n) is 3.22. The lowest BCUT2D eigenvalue weighted by Gasteiger charge is -2.32. The number of ether oxygens (including phenoxy) is 1. The summed E-state index contributed by atoms with van der Waals surface area (Å²) >= 11 is 1.76. The zero-order valence-electron chi connectivity index (χ0n) is 10.6. The van der Waals surface area contributed by atoms with Crippen LogP contribution in [0.25, 0.3) is 0 Å². The molecule has 0 unspecified atom stereocenters. The summed E-state index contributed by atoms with van der Waals surface area (Å²) in [5.41, 5.74) is -0.496. The Hall–Kier alpha value is -1.27. The van der Waals surface area contributed by atoms with E-state index < -0.39 is 17.5 Å². The molecule has 2 rings (SSSR count). The van der Waals surface area contributed by atoms with Crippen LogP contribution in [0.3, 0.4) is 0 Å². The second kappa shape index (κ2) is 5.79. The van der Waals surface area contributed by atoms with Gasteiger partial charge in [0.15, 0.2) is 0 Å². The van der Waals surface area contributed by atoms with Crippen LogP contribution in [-0.2, 0) is 10.3 Å². The van der Waals surface area contributed by atoms with E-state index in [0.29, 0.717) is 24.1 Å². The van der Waals surface area contributed by atoms with Crippen LogP contribution < -0.4 is 5.32 Å². The molecule has 0 spiro atoms. The van der Waals surface area contributed by atoms with Gasteiger partial charge in [0.2, 0.25) is 0 Å². The number of anilines is 1. The molecule has 2 N–H and O–H groups in total. The van der Waals surface area contributed by atoms with Crippen LogP contribution in [0.2, 0.25) is 0 Å². The molecule has 0 radical (unpaired) electrons. The molecule has 0 atom stereocenters. The average molecular weight is 285 g/mol. The zero-order chi connectivity index (χ0) is 13.9. The highest BCUT2D eigenvalue weighted by Crippen LogP contribution is 2.37. The van der Waals surface area contributed by atoms with Gasteiger partial charge < -0.3 is 9.84 Å². The van der Waals surface area contributed by atoms with Crippen LogP contribution in [0.5, 0.6) is 0 Å². The summed E-state index contributed by atoms with van der Waals surface area (Å²) in [4.78, 5) is 11.0. The van der Waals surface area contributed by atoms with E-state index in [0.717, 1.165) is 11.5 Å². The van der Waals surface area contributed by atoms with Gasteiger partial charge in [-0.15, -0.1) is 0 Å². The van der Waals surface area contributed by atoms with Crippen molar-refractivity contribution in [2.75, 3.05) is 23.9 Å². The first-order chi connectivity index (χ1) is 9.05. The largest absolute Gasteiger partial charge is 0.453 e. The third-order valence-corrected chi connectivity index (χ3v) is 4.21. The molecule has 1 fully saturated rings. The van der Waals surface area contributed by atoms with Gasteiger partial charge in [-0.2, -0.15) is 11.8 Å². The van der Waals surface area contributed by atoms with E-state index in [-0.39, 0.29) is 0 Å². The molecule has 1 saturated heterocycles. The quantitative estimate of drug-likeness (QED) is 0.877. The van der Waals surface area contributed by atoms with Gasteiger partial charge in [0.1, 0.15) is 5.82 Å². The van der Waals surface area contributed by atoms with E-state index in [1.807, 2.05) is 0 Å². The number of halogens is 1. The van der Waals surface area contributed by atoms with Crippen molar-refractivity contribution in [2.45, 2.75) is 18.4 Å².